The van der Waals surface area contributed by atoms with Crippen molar-refractivity contribution in [1.29, 1.82) is 0 Å². The Bertz CT molecular complexity index is 87.0. The van der Waals surface area contributed by atoms with Gasteiger partial charge in [-0.25, -0.2) is 4.84 Å². The third-order valence-corrected chi connectivity index (χ3v) is 1.07. The molecule has 0 spiro atoms. The molecule has 3 nitrogen and oxygen atoms in total. The molecule has 0 atom stereocenters. The highest BCUT2D eigenvalue weighted by Gasteiger charge is 1.96. The van der Waals surface area contributed by atoms with Gasteiger partial charge in [-0.05, 0) is 18.2 Å². The van der Waals surface area contributed by atoms with Gasteiger partial charge < -0.3 is 4.74 Å². The molecule has 0 radical (unpaired) electrons. The molecule has 0 unspecified atom stereocenters. The second-order valence-electron chi connectivity index (χ2n) is 1.56. The van der Waals surface area contributed by atoms with Crippen LogP contribution in [-0.2, 0) is 9.53 Å². The van der Waals surface area contributed by atoms with Gasteiger partial charge in [0.15, 0.2) is 0 Å². The fraction of sp³-hybridized carbons (Fsp3) is 0.800. The summed E-state index contributed by atoms with van der Waals surface area (Å²) in [5.74, 6) is -0.193. The second kappa shape index (κ2) is 5.85. The lowest BCUT2D eigenvalue weighted by atomic mass is 10.3. The van der Waals surface area contributed by atoms with Crippen LogP contribution in [0, 0.1) is 0 Å². The van der Waals surface area contributed by atoms with Crippen molar-refractivity contribution in [3.8, 4) is 0 Å². The molecule has 0 aromatic rings. The van der Waals surface area contributed by atoms with Crippen molar-refractivity contribution in [2.45, 2.75) is 12.8 Å². The van der Waals surface area contributed by atoms with Crippen LogP contribution in [0.2, 0.25) is 0 Å². The van der Waals surface area contributed by atoms with Crippen LogP contribution in [0.25, 0.3) is 0 Å². The van der Waals surface area contributed by atoms with E-state index < -0.39 is 0 Å². The Morgan fingerprint density at radius 2 is 2.44 bits per heavy atom. The Morgan fingerprint density at radius 1 is 1.78 bits per heavy atom. The smallest absolute Gasteiger partial charge is 0.305 e. The van der Waals surface area contributed by atoms with E-state index in [0.29, 0.717) is 13.0 Å². The normalized spacial score (nSPS) is 9.11. The molecule has 0 bridgehead atoms. The maximum absolute atomic E-state index is 10.4. The molecule has 0 fully saturated rings. The minimum absolute atomic E-state index is 0.193. The van der Waals surface area contributed by atoms with Gasteiger partial charge in [-0.2, -0.15) is 0 Å². The minimum atomic E-state index is -0.193. The number of nitrogens with one attached hydrogen (secondary N) is 1. The van der Waals surface area contributed by atoms with Gasteiger partial charge in [-0.15, -0.1) is 0 Å². The van der Waals surface area contributed by atoms with E-state index in [-0.39, 0.29) is 5.97 Å². The van der Waals surface area contributed by atoms with Crippen molar-refractivity contribution in [3.05, 3.63) is 0 Å². The van der Waals surface area contributed by atoms with E-state index in [0.717, 1.165) is 6.42 Å². The van der Waals surface area contributed by atoms with Crippen LogP contribution in [0.4, 0.5) is 0 Å². The molecule has 4 heteroatoms. The highest BCUT2D eigenvalue weighted by Crippen LogP contribution is 1.89. The van der Waals surface area contributed by atoms with Crippen molar-refractivity contribution in [2.24, 2.45) is 0 Å². The van der Waals surface area contributed by atoms with E-state index in [9.17, 15) is 4.79 Å². The summed E-state index contributed by atoms with van der Waals surface area (Å²) in [7, 11) is 1.37. The summed E-state index contributed by atoms with van der Waals surface area (Å²) in [6.45, 7) is 0.636. The molecule has 0 heterocycles. The van der Waals surface area contributed by atoms with Crippen LogP contribution in [-0.4, -0.2) is 19.6 Å². The highest BCUT2D eigenvalue weighted by atomic mass is 35.5. The van der Waals surface area contributed by atoms with Gasteiger partial charge >= 0.3 is 5.97 Å². The average Bonchev–Trinajstić information content (AvgIpc) is 1.89. The zero-order valence-corrected chi connectivity index (χ0v) is 6.07. The first-order valence-electron chi connectivity index (χ1n) is 2.71. The van der Waals surface area contributed by atoms with Crippen LogP contribution in [0.1, 0.15) is 12.8 Å². The third kappa shape index (κ3) is 5.59. The summed E-state index contributed by atoms with van der Waals surface area (Å²) in [6, 6.07) is 0. The molecule has 0 aromatic heterocycles. The Kier molecular flexibility index (Phi) is 5.67. The predicted octanol–water partition coefficient (Wildman–Crippen LogP) is 0.683. The lowest BCUT2D eigenvalue weighted by Gasteiger charge is -1.95. The van der Waals surface area contributed by atoms with E-state index in [4.69, 9.17) is 11.8 Å². The number of ether oxygens (including phenoxy) is 1. The summed E-state index contributed by atoms with van der Waals surface area (Å²) in [5.41, 5.74) is 0. The van der Waals surface area contributed by atoms with Gasteiger partial charge in [0.05, 0.1) is 7.11 Å². The van der Waals surface area contributed by atoms with E-state index in [1.165, 1.54) is 7.11 Å². The Hall–Kier alpha value is -0.280. The number of carbonyl (C=O) groups excluding carboxylic acids is 1. The fourth-order valence-electron chi connectivity index (χ4n) is 0.402. The molecule has 0 aliphatic carbocycles. The van der Waals surface area contributed by atoms with Gasteiger partial charge in [0.2, 0.25) is 0 Å². The first-order chi connectivity index (χ1) is 4.31. The summed E-state index contributed by atoms with van der Waals surface area (Å²) < 4.78 is 4.39. The minimum Gasteiger partial charge on any atom is -0.469 e. The number of methoxy groups -OCH3 is 1. The number of esters is 1. The molecule has 54 valence electrons. The molecule has 9 heavy (non-hydrogen) atoms. The van der Waals surface area contributed by atoms with Gasteiger partial charge in [-0.3, -0.25) is 4.79 Å². The monoisotopic (exact) mass is 151 g/mol. The van der Waals surface area contributed by atoms with Crippen LogP contribution in [0.5, 0.6) is 0 Å². The maximum Gasteiger partial charge on any atom is 0.305 e. The zero-order valence-electron chi connectivity index (χ0n) is 5.32. The Morgan fingerprint density at radius 3 is 2.89 bits per heavy atom. The third-order valence-electron chi connectivity index (χ3n) is 0.880. The lowest BCUT2D eigenvalue weighted by Crippen LogP contribution is -2.06. The molecule has 0 aliphatic heterocycles. The molecule has 0 saturated carbocycles. The number of halogens is 1. The van der Waals surface area contributed by atoms with Crippen LogP contribution < -0.4 is 4.84 Å². The number of rotatable bonds is 4. The van der Waals surface area contributed by atoms with Gasteiger partial charge in [0, 0.05) is 13.0 Å². The summed E-state index contributed by atoms with van der Waals surface area (Å²) in [5, 5.41) is 0. The van der Waals surface area contributed by atoms with Crippen molar-refractivity contribution in [2.75, 3.05) is 13.7 Å². The molecule has 1 N–H and O–H groups in total. The fourth-order valence-corrected chi connectivity index (χ4v) is 0.535. The van der Waals surface area contributed by atoms with Crippen molar-refractivity contribution in [1.82, 2.24) is 4.84 Å². The quantitative estimate of drug-likeness (QED) is 0.365. The van der Waals surface area contributed by atoms with Crippen LogP contribution >= 0.6 is 11.8 Å². The second-order valence-corrected chi connectivity index (χ2v) is 1.83. The number of hydrogen-bond acceptors (Lipinski definition) is 3. The first-order valence-corrected chi connectivity index (χ1v) is 3.09. The Balaban J connectivity index is 2.97. The van der Waals surface area contributed by atoms with Gasteiger partial charge in [0.25, 0.3) is 0 Å². The SMILES string of the molecule is COC(=O)CCCNCl. The van der Waals surface area contributed by atoms with Crippen LogP contribution in [0.15, 0.2) is 0 Å². The molecular weight excluding hydrogens is 142 g/mol. The molecule has 0 aliphatic rings. The zero-order chi connectivity index (χ0) is 7.11. The molecule has 0 aromatic carbocycles. The maximum atomic E-state index is 10.4. The predicted molar refractivity (Wildman–Crippen MR) is 35.1 cm³/mol. The largest absolute Gasteiger partial charge is 0.469 e. The first kappa shape index (κ1) is 8.72. The van der Waals surface area contributed by atoms with E-state index in [2.05, 4.69) is 9.57 Å². The van der Waals surface area contributed by atoms with Crippen molar-refractivity contribution >= 4 is 17.7 Å². The van der Waals surface area contributed by atoms with E-state index in [1.54, 1.807) is 0 Å². The molecule has 0 saturated heterocycles. The summed E-state index contributed by atoms with van der Waals surface area (Å²) in [4.78, 5) is 12.8. The highest BCUT2D eigenvalue weighted by molar-refractivity contribution is 6.13. The number of hydrogen-bond donors (Lipinski definition) is 1. The van der Waals surface area contributed by atoms with E-state index in [1.807, 2.05) is 0 Å². The summed E-state index contributed by atoms with van der Waals surface area (Å²) >= 11 is 5.13. The molecule has 0 amide bonds. The molecule has 0 rings (SSSR count). The standard InChI is InChI=1S/C5H10ClNO2/c1-9-5(8)3-2-4-7-6/h7H,2-4H2,1H3. The topological polar surface area (TPSA) is 38.3 Å². The summed E-state index contributed by atoms with van der Waals surface area (Å²) in [6.07, 6.45) is 1.15. The lowest BCUT2D eigenvalue weighted by molar-refractivity contribution is -0.140. The molecular formula is C5H10ClNO2. The van der Waals surface area contributed by atoms with Crippen molar-refractivity contribution < 1.29 is 9.53 Å². The van der Waals surface area contributed by atoms with E-state index >= 15 is 0 Å². The van der Waals surface area contributed by atoms with Gasteiger partial charge in [0.1, 0.15) is 0 Å². The average molecular weight is 152 g/mol. The van der Waals surface area contributed by atoms with Crippen LogP contribution in [0.3, 0.4) is 0 Å². The van der Waals surface area contributed by atoms with Crippen molar-refractivity contribution in [3.63, 3.8) is 0 Å². The number of carbonyl (C=O) groups is 1. The van der Waals surface area contributed by atoms with Gasteiger partial charge in [-0.1, -0.05) is 0 Å². The Labute approximate surface area is 59.4 Å².